The van der Waals surface area contributed by atoms with Gasteiger partial charge in [-0.25, -0.2) is 4.98 Å². The summed E-state index contributed by atoms with van der Waals surface area (Å²) in [7, 11) is 0. The molecule has 2 aromatic heterocycles. The van der Waals surface area contributed by atoms with Crippen molar-refractivity contribution >= 4 is 28.0 Å². The van der Waals surface area contributed by atoms with Gasteiger partial charge in [-0.3, -0.25) is 4.57 Å². The van der Waals surface area contributed by atoms with E-state index in [0.717, 1.165) is 42.1 Å². The fraction of sp³-hybridized carbons (Fsp3) is 0.267. The average Bonchev–Trinajstić information content (AvgIpc) is 2.96. The molecule has 19 heavy (non-hydrogen) atoms. The van der Waals surface area contributed by atoms with Crippen molar-refractivity contribution in [3.8, 4) is 0 Å². The maximum Gasteiger partial charge on any atom is 0.212 e. The molecule has 0 aliphatic carbocycles. The van der Waals surface area contributed by atoms with Crippen LogP contribution in [-0.2, 0) is 6.54 Å². The highest BCUT2D eigenvalue weighted by atomic mass is 15.3. The highest BCUT2D eigenvalue weighted by molar-refractivity contribution is 6.04. The fourth-order valence-electron chi connectivity index (χ4n) is 2.84. The Morgan fingerprint density at radius 1 is 1.32 bits per heavy atom. The van der Waals surface area contributed by atoms with Crippen LogP contribution >= 0.6 is 0 Å². The molecule has 0 saturated heterocycles. The van der Waals surface area contributed by atoms with Gasteiger partial charge in [0.15, 0.2) is 0 Å². The Hall–Kier alpha value is -2.23. The maximum absolute atomic E-state index is 4.85. The van der Waals surface area contributed by atoms with Crippen molar-refractivity contribution in [2.45, 2.75) is 19.9 Å². The lowest BCUT2D eigenvalue weighted by molar-refractivity contribution is 0.746. The van der Waals surface area contributed by atoms with Gasteiger partial charge in [0, 0.05) is 30.2 Å². The highest BCUT2D eigenvalue weighted by Crippen LogP contribution is 2.30. The van der Waals surface area contributed by atoms with E-state index < -0.39 is 0 Å². The zero-order valence-electron chi connectivity index (χ0n) is 10.9. The largest absolute Gasteiger partial charge is 0.339 e. The number of hydrogen-bond acceptors (Lipinski definition) is 2. The van der Waals surface area contributed by atoms with Gasteiger partial charge in [-0.2, -0.15) is 0 Å². The van der Waals surface area contributed by atoms with E-state index in [9.17, 15) is 0 Å². The van der Waals surface area contributed by atoms with E-state index in [1.807, 2.05) is 0 Å². The number of benzene rings is 1. The number of fused-ring (bicyclic) bond motifs is 5. The van der Waals surface area contributed by atoms with E-state index in [-0.39, 0.29) is 0 Å². The Morgan fingerprint density at radius 2 is 2.21 bits per heavy atom. The predicted octanol–water partition coefficient (Wildman–Crippen LogP) is 3.26. The number of aromatic nitrogens is 3. The summed E-state index contributed by atoms with van der Waals surface area (Å²) in [4.78, 5) is 10.6. The summed E-state index contributed by atoms with van der Waals surface area (Å²) in [6.45, 7) is 4.09. The summed E-state index contributed by atoms with van der Waals surface area (Å²) in [5.41, 5.74) is 3.36. The second-order valence-electron chi connectivity index (χ2n) is 4.97. The Labute approximate surface area is 111 Å². The third-order valence-corrected chi connectivity index (χ3v) is 3.68. The van der Waals surface area contributed by atoms with Gasteiger partial charge < -0.3 is 9.88 Å². The lowest BCUT2D eigenvalue weighted by atomic mass is 10.2. The summed E-state index contributed by atoms with van der Waals surface area (Å²) in [5, 5.41) is 1.20. The number of H-pyrrole nitrogens is 1. The number of hydrogen-bond donors (Lipinski definition) is 1. The monoisotopic (exact) mass is 252 g/mol. The molecule has 4 rings (SSSR count). The SMILES string of the molecule is CCCN1C=CCn2c1nc1c3ccccc3[nH]c12. The molecule has 1 aromatic carbocycles. The third kappa shape index (κ3) is 1.43. The Balaban J connectivity index is 1.99. The Kier molecular flexibility index (Phi) is 2.18. The lowest BCUT2D eigenvalue weighted by Crippen LogP contribution is -2.24. The van der Waals surface area contributed by atoms with Crippen LogP contribution in [0.4, 0.5) is 5.95 Å². The molecular weight excluding hydrogens is 236 g/mol. The van der Waals surface area contributed by atoms with E-state index >= 15 is 0 Å². The average molecular weight is 252 g/mol. The van der Waals surface area contributed by atoms with Gasteiger partial charge in [-0.05, 0) is 18.6 Å². The smallest absolute Gasteiger partial charge is 0.212 e. The number of allylic oxidation sites excluding steroid dienone is 1. The first kappa shape index (κ1) is 10.7. The zero-order valence-corrected chi connectivity index (χ0v) is 10.9. The first-order chi connectivity index (χ1) is 9.38. The minimum absolute atomic E-state index is 0.888. The van der Waals surface area contributed by atoms with Crippen LogP contribution in [-0.4, -0.2) is 21.1 Å². The molecule has 96 valence electrons. The van der Waals surface area contributed by atoms with Crippen molar-refractivity contribution < 1.29 is 0 Å². The predicted molar refractivity (Wildman–Crippen MR) is 78.4 cm³/mol. The molecule has 4 nitrogen and oxygen atoms in total. The molecule has 0 amide bonds. The van der Waals surface area contributed by atoms with Crippen LogP contribution in [0.15, 0.2) is 36.5 Å². The molecule has 3 heterocycles. The van der Waals surface area contributed by atoms with Crippen molar-refractivity contribution in [2.75, 3.05) is 11.4 Å². The molecule has 1 N–H and O–H groups in total. The Bertz CT molecular complexity index is 778. The molecule has 0 bridgehead atoms. The summed E-state index contributed by atoms with van der Waals surface area (Å²) in [5.74, 6) is 1.05. The molecular formula is C15H16N4. The number of para-hydroxylation sites is 1. The maximum atomic E-state index is 4.85. The zero-order chi connectivity index (χ0) is 12.8. The molecule has 0 atom stereocenters. The topological polar surface area (TPSA) is 36.9 Å². The van der Waals surface area contributed by atoms with Crippen molar-refractivity contribution in [3.63, 3.8) is 0 Å². The summed E-state index contributed by atoms with van der Waals surface area (Å²) in [6.07, 6.45) is 5.45. The van der Waals surface area contributed by atoms with Gasteiger partial charge in [0.25, 0.3) is 0 Å². The lowest BCUT2D eigenvalue weighted by Gasteiger charge is -2.23. The number of nitrogens with zero attached hydrogens (tertiary/aromatic N) is 3. The van der Waals surface area contributed by atoms with Crippen LogP contribution in [0.2, 0.25) is 0 Å². The summed E-state index contributed by atoms with van der Waals surface area (Å²) >= 11 is 0. The summed E-state index contributed by atoms with van der Waals surface area (Å²) < 4.78 is 2.25. The van der Waals surface area contributed by atoms with E-state index in [1.54, 1.807) is 0 Å². The molecule has 0 saturated carbocycles. The van der Waals surface area contributed by atoms with Crippen LogP contribution < -0.4 is 4.90 Å². The molecule has 3 aromatic rings. The summed E-state index contributed by atoms with van der Waals surface area (Å²) in [6, 6.07) is 8.35. The standard InChI is InChI=1S/C15H16N4/c1-2-8-18-9-5-10-19-14-13(17-15(18)19)11-6-3-4-7-12(11)16-14/h3-7,9,16H,2,8,10H2,1H3. The molecule has 0 unspecified atom stereocenters. The second kappa shape index (κ2) is 3.88. The van der Waals surface area contributed by atoms with E-state index in [1.165, 1.54) is 5.39 Å². The normalized spacial score (nSPS) is 14.5. The fourth-order valence-corrected chi connectivity index (χ4v) is 2.84. The first-order valence-corrected chi connectivity index (χ1v) is 6.78. The van der Waals surface area contributed by atoms with Crippen LogP contribution in [0.3, 0.4) is 0 Å². The second-order valence-corrected chi connectivity index (χ2v) is 4.97. The highest BCUT2D eigenvalue weighted by Gasteiger charge is 2.20. The molecule has 0 fully saturated rings. The van der Waals surface area contributed by atoms with Crippen molar-refractivity contribution in [3.05, 3.63) is 36.5 Å². The third-order valence-electron chi connectivity index (χ3n) is 3.68. The molecule has 4 heteroatoms. The molecule has 1 aliphatic rings. The van der Waals surface area contributed by atoms with Crippen LogP contribution in [0.1, 0.15) is 13.3 Å². The van der Waals surface area contributed by atoms with Gasteiger partial charge in [-0.1, -0.05) is 25.1 Å². The van der Waals surface area contributed by atoms with Crippen LogP contribution in [0.25, 0.3) is 22.1 Å². The van der Waals surface area contributed by atoms with Crippen molar-refractivity contribution in [1.29, 1.82) is 0 Å². The number of nitrogens with one attached hydrogen (secondary N) is 1. The first-order valence-electron chi connectivity index (χ1n) is 6.78. The minimum Gasteiger partial charge on any atom is -0.339 e. The van der Waals surface area contributed by atoms with Gasteiger partial charge in [-0.15, -0.1) is 0 Å². The number of imidazole rings is 1. The molecule has 1 aliphatic heterocycles. The van der Waals surface area contributed by atoms with Crippen molar-refractivity contribution in [1.82, 2.24) is 14.5 Å². The van der Waals surface area contributed by atoms with E-state index in [4.69, 9.17) is 4.98 Å². The number of rotatable bonds is 2. The van der Waals surface area contributed by atoms with Gasteiger partial charge in [0.2, 0.25) is 5.95 Å². The van der Waals surface area contributed by atoms with Gasteiger partial charge >= 0.3 is 0 Å². The Morgan fingerprint density at radius 3 is 3.11 bits per heavy atom. The molecule has 0 spiro atoms. The van der Waals surface area contributed by atoms with Crippen molar-refractivity contribution in [2.24, 2.45) is 0 Å². The number of aromatic amines is 1. The van der Waals surface area contributed by atoms with Gasteiger partial charge in [0.05, 0.1) is 0 Å². The number of anilines is 1. The molecule has 0 radical (unpaired) electrons. The van der Waals surface area contributed by atoms with Gasteiger partial charge in [0.1, 0.15) is 11.2 Å². The minimum atomic E-state index is 0.888. The van der Waals surface area contributed by atoms with Crippen LogP contribution in [0.5, 0.6) is 0 Å². The van der Waals surface area contributed by atoms with E-state index in [0.29, 0.717) is 0 Å². The quantitative estimate of drug-likeness (QED) is 0.760. The van der Waals surface area contributed by atoms with E-state index in [2.05, 4.69) is 57.9 Å². The van der Waals surface area contributed by atoms with Crippen LogP contribution in [0, 0.1) is 0 Å².